The number of hydrogen-bond acceptors (Lipinski definition) is 2. The maximum absolute atomic E-state index is 13.3. The maximum Gasteiger partial charge on any atom is 0.152 e. The summed E-state index contributed by atoms with van der Waals surface area (Å²) in [6.07, 6.45) is 0.527. The fourth-order valence-electron chi connectivity index (χ4n) is 1.36. The molecule has 1 heterocycles. The van der Waals surface area contributed by atoms with Crippen molar-refractivity contribution in [2.75, 3.05) is 0 Å². The van der Waals surface area contributed by atoms with Crippen molar-refractivity contribution in [3.05, 3.63) is 46.6 Å². The molecule has 1 nitrogen and oxygen atoms in total. The molecule has 2 rings (SSSR count). The minimum Gasteiger partial charge on any atom is -0.298 e. The number of benzene rings is 1. The molecule has 0 amide bonds. The van der Waals surface area contributed by atoms with E-state index in [1.165, 1.54) is 12.1 Å². The van der Waals surface area contributed by atoms with Crippen molar-refractivity contribution in [2.45, 2.75) is 6.92 Å². The Bertz CT molecular complexity index is 502. The van der Waals surface area contributed by atoms with Crippen molar-refractivity contribution in [1.82, 2.24) is 0 Å². The second kappa shape index (κ2) is 3.95. The third-order valence-electron chi connectivity index (χ3n) is 2.14. The molecule has 0 saturated heterocycles. The van der Waals surface area contributed by atoms with Crippen molar-refractivity contribution >= 4 is 17.6 Å². The van der Waals surface area contributed by atoms with Gasteiger partial charge in [-0.2, -0.15) is 0 Å². The number of carbonyl (C=O) groups is 1. The zero-order chi connectivity index (χ0) is 10.8. The standard InChI is InChI=1S/C12H9FOS/c1-8-4-12(15-7-8)9-2-3-10(6-14)11(13)5-9/h2-7H,1H3. The van der Waals surface area contributed by atoms with Gasteiger partial charge in [-0.15, -0.1) is 11.3 Å². The van der Waals surface area contributed by atoms with Gasteiger partial charge >= 0.3 is 0 Å². The van der Waals surface area contributed by atoms with Gasteiger partial charge in [-0.1, -0.05) is 6.07 Å². The lowest BCUT2D eigenvalue weighted by Gasteiger charge is -1.99. The van der Waals surface area contributed by atoms with Crippen LogP contribution in [0.25, 0.3) is 10.4 Å². The summed E-state index contributed by atoms with van der Waals surface area (Å²) < 4.78 is 13.3. The van der Waals surface area contributed by atoms with Crippen LogP contribution in [0.5, 0.6) is 0 Å². The summed E-state index contributed by atoms with van der Waals surface area (Å²) in [6, 6.07) is 6.67. The second-order valence-electron chi connectivity index (χ2n) is 3.34. The summed E-state index contributed by atoms with van der Waals surface area (Å²) in [6.45, 7) is 2.00. The van der Waals surface area contributed by atoms with Crippen LogP contribution in [0.3, 0.4) is 0 Å². The number of thiophene rings is 1. The van der Waals surface area contributed by atoms with Crippen LogP contribution in [0.2, 0.25) is 0 Å². The van der Waals surface area contributed by atoms with Crippen LogP contribution in [-0.2, 0) is 0 Å². The Morgan fingerprint density at radius 2 is 2.13 bits per heavy atom. The Labute approximate surface area is 91.2 Å². The molecule has 3 heteroatoms. The first-order valence-electron chi connectivity index (χ1n) is 4.51. The quantitative estimate of drug-likeness (QED) is 0.706. The summed E-state index contributed by atoms with van der Waals surface area (Å²) in [7, 11) is 0. The summed E-state index contributed by atoms with van der Waals surface area (Å²) in [5.41, 5.74) is 2.08. The van der Waals surface area contributed by atoms with Gasteiger partial charge in [-0.25, -0.2) is 4.39 Å². The van der Waals surface area contributed by atoms with E-state index in [1.807, 2.05) is 18.4 Å². The fraction of sp³-hybridized carbons (Fsp3) is 0.0833. The number of halogens is 1. The molecule has 0 bridgehead atoms. The number of aryl methyl sites for hydroxylation is 1. The largest absolute Gasteiger partial charge is 0.298 e. The van der Waals surface area contributed by atoms with Gasteiger partial charge in [0.25, 0.3) is 0 Å². The smallest absolute Gasteiger partial charge is 0.152 e. The highest BCUT2D eigenvalue weighted by Gasteiger charge is 2.05. The minimum absolute atomic E-state index is 0.104. The molecule has 15 heavy (non-hydrogen) atoms. The van der Waals surface area contributed by atoms with Gasteiger partial charge in [0.05, 0.1) is 5.56 Å². The second-order valence-corrected chi connectivity index (χ2v) is 4.25. The van der Waals surface area contributed by atoms with Crippen molar-refractivity contribution in [1.29, 1.82) is 0 Å². The highest BCUT2D eigenvalue weighted by molar-refractivity contribution is 7.13. The average Bonchev–Trinajstić information content (AvgIpc) is 2.65. The molecule has 0 unspecified atom stereocenters. The van der Waals surface area contributed by atoms with Crippen LogP contribution in [-0.4, -0.2) is 6.29 Å². The van der Waals surface area contributed by atoms with E-state index in [9.17, 15) is 9.18 Å². The molecule has 0 N–H and O–H groups in total. The van der Waals surface area contributed by atoms with Gasteiger partial charge in [-0.05, 0) is 41.6 Å². The predicted octanol–water partition coefficient (Wildman–Crippen LogP) is 3.68. The normalized spacial score (nSPS) is 10.3. The molecule has 0 aliphatic carbocycles. The van der Waals surface area contributed by atoms with Crippen LogP contribution >= 0.6 is 11.3 Å². The molecule has 0 spiro atoms. The van der Waals surface area contributed by atoms with E-state index in [0.29, 0.717) is 6.29 Å². The predicted molar refractivity (Wildman–Crippen MR) is 59.8 cm³/mol. The lowest BCUT2D eigenvalue weighted by Crippen LogP contribution is -1.87. The SMILES string of the molecule is Cc1csc(-c2ccc(C=O)c(F)c2)c1. The highest BCUT2D eigenvalue weighted by Crippen LogP contribution is 2.27. The van der Waals surface area contributed by atoms with Gasteiger partial charge in [0.1, 0.15) is 5.82 Å². The van der Waals surface area contributed by atoms with E-state index in [0.717, 1.165) is 16.0 Å². The van der Waals surface area contributed by atoms with Crippen LogP contribution in [0.15, 0.2) is 29.6 Å². The lowest BCUT2D eigenvalue weighted by atomic mass is 10.1. The summed E-state index contributed by atoms with van der Waals surface area (Å²) in [5.74, 6) is -0.464. The Hall–Kier alpha value is -1.48. The van der Waals surface area contributed by atoms with E-state index in [-0.39, 0.29) is 5.56 Å². The molecule has 0 radical (unpaired) electrons. The third kappa shape index (κ3) is 1.97. The zero-order valence-corrected chi connectivity index (χ0v) is 8.98. The summed E-state index contributed by atoms with van der Waals surface area (Å²) in [5, 5.41) is 2.01. The highest BCUT2D eigenvalue weighted by atomic mass is 32.1. The molecular weight excluding hydrogens is 211 g/mol. The minimum atomic E-state index is -0.464. The Balaban J connectivity index is 2.46. The molecular formula is C12H9FOS. The van der Waals surface area contributed by atoms with Crippen LogP contribution in [0.4, 0.5) is 4.39 Å². The maximum atomic E-state index is 13.3. The fourth-order valence-corrected chi connectivity index (χ4v) is 2.26. The van der Waals surface area contributed by atoms with E-state index in [4.69, 9.17) is 0 Å². The van der Waals surface area contributed by atoms with E-state index in [2.05, 4.69) is 0 Å². The van der Waals surface area contributed by atoms with E-state index >= 15 is 0 Å². The lowest BCUT2D eigenvalue weighted by molar-refractivity contribution is 0.112. The van der Waals surface area contributed by atoms with Gasteiger partial charge in [0, 0.05) is 4.88 Å². The van der Waals surface area contributed by atoms with Gasteiger partial charge in [0.2, 0.25) is 0 Å². The Morgan fingerprint density at radius 3 is 2.67 bits per heavy atom. The van der Waals surface area contributed by atoms with Crippen molar-refractivity contribution in [3.63, 3.8) is 0 Å². The molecule has 0 aliphatic heterocycles. The van der Waals surface area contributed by atoms with Crippen molar-refractivity contribution < 1.29 is 9.18 Å². The monoisotopic (exact) mass is 220 g/mol. The molecule has 2 aromatic rings. The van der Waals surface area contributed by atoms with E-state index in [1.54, 1.807) is 17.4 Å². The molecule has 0 atom stereocenters. The third-order valence-corrected chi connectivity index (χ3v) is 3.24. The molecule has 1 aromatic carbocycles. The Morgan fingerprint density at radius 1 is 1.33 bits per heavy atom. The average molecular weight is 220 g/mol. The van der Waals surface area contributed by atoms with Crippen LogP contribution in [0, 0.1) is 12.7 Å². The molecule has 0 aliphatic rings. The van der Waals surface area contributed by atoms with E-state index < -0.39 is 5.82 Å². The summed E-state index contributed by atoms with van der Waals surface area (Å²) >= 11 is 1.57. The first-order chi connectivity index (χ1) is 7.20. The van der Waals surface area contributed by atoms with Crippen LogP contribution in [0.1, 0.15) is 15.9 Å². The summed E-state index contributed by atoms with van der Waals surface area (Å²) in [4.78, 5) is 11.5. The number of aldehydes is 1. The molecule has 76 valence electrons. The number of rotatable bonds is 2. The van der Waals surface area contributed by atoms with Crippen molar-refractivity contribution in [2.24, 2.45) is 0 Å². The topological polar surface area (TPSA) is 17.1 Å². The van der Waals surface area contributed by atoms with Gasteiger partial charge in [0.15, 0.2) is 6.29 Å². The number of carbonyl (C=O) groups excluding carboxylic acids is 1. The first kappa shape index (κ1) is 10.1. The molecule has 0 saturated carbocycles. The Kier molecular flexibility index (Phi) is 2.64. The zero-order valence-electron chi connectivity index (χ0n) is 8.16. The molecule has 0 fully saturated rings. The molecule has 1 aromatic heterocycles. The van der Waals surface area contributed by atoms with Gasteiger partial charge < -0.3 is 0 Å². The first-order valence-corrected chi connectivity index (χ1v) is 5.39. The number of hydrogen-bond donors (Lipinski definition) is 0. The van der Waals surface area contributed by atoms with Crippen molar-refractivity contribution in [3.8, 4) is 10.4 Å². The van der Waals surface area contributed by atoms with Crippen LogP contribution < -0.4 is 0 Å². The van der Waals surface area contributed by atoms with Gasteiger partial charge in [-0.3, -0.25) is 4.79 Å².